The van der Waals surface area contributed by atoms with E-state index in [-0.39, 0.29) is 15.6 Å². The van der Waals surface area contributed by atoms with E-state index in [1.807, 2.05) is 0 Å². The second-order valence-corrected chi connectivity index (χ2v) is 7.21. The van der Waals surface area contributed by atoms with Gasteiger partial charge in [0.25, 0.3) is 0 Å². The van der Waals surface area contributed by atoms with Crippen molar-refractivity contribution in [2.75, 3.05) is 10.5 Å². The summed E-state index contributed by atoms with van der Waals surface area (Å²) in [6.45, 7) is 0. The van der Waals surface area contributed by atoms with Gasteiger partial charge in [-0.2, -0.15) is 0 Å². The molecule has 0 amide bonds. The maximum atomic E-state index is 11.5. The van der Waals surface area contributed by atoms with Gasteiger partial charge in [-0.05, 0) is 18.2 Å². The third-order valence-electron chi connectivity index (χ3n) is 1.77. The first-order valence-electron chi connectivity index (χ1n) is 4.52. The molecule has 1 aromatic carbocycles. The van der Waals surface area contributed by atoms with Crippen LogP contribution in [0.5, 0.6) is 0 Å². The molecule has 0 unspecified atom stereocenters. The highest BCUT2D eigenvalue weighted by molar-refractivity contribution is 7.95. The van der Waals surface area contributed by atoms with E-state index in [2.05, 4.69) is 16.9 Å². The van der Waals surface area contributed by atoms with Crippen LogP contribution < -0.4 is 15.6 Å². The van der Waals surface area contributed by atoms with Gasteiger partial charge < -0.3 is 5.73 Å². The van der Waals surface area contributed by atoms with E-state index >= 15 is 0 Å². The van der Waals surface area contributed by atoms with Crippen molar-refractivity contribution in [2.24, 2.45) is 10.9 Å². The van der Waals surface area contributed by atoms with Gasteiger partial charge in [-0.15, -0.1) is 0 Å². The lowest BCUT2D eigenvalue weighted by atomic mass is 10.3. The molecule has 1 rings (SSSR count). The fourth-order valence-corrected chi connectivity index (χ4v) is 3.10. The molecule has 0 fully saturated rings. The number of nitrogens with one attached hydrogen (secondary N) is 1. The van der Waals surface area contributed by atoms with Crippen LogP contribution in [0.15, 0.2) is 29.2 Å². The molecular weight excluding hydrogens is 298 g/mol. The van der Waals surface area contributed by atoms with E-state index < -0.39 is 25.8 Å². The SMILES string of the molecule is NC(=S)CS(=O)(=O)Nc1cccc(S(N)(=O)=O)c1. The Labute approximate surface area is 110 Å². The summed E-state index contributed by atoms with van der Waals surface area (Å²) >= 11 is 4.49. The molecule has 1 aromatic rings. The predicted molar refractivity (Wildman–Crippen MR) is 72.0 cm³/mol. The summed E-state index contributed by atoms with van der Waals surface area (Å²) in [6, 6.07) is 5.09. The molecule has 0 saturated carbocycles. The first-order chi connectivity index (χ1) is 8.10. The summed E-state index contributed by atoms with van der Waals surface area (Å²) in [5.74, 6) is -0.526. The molecule has 5 N–H and O–H groups in total. The summed E-state index contributed by atoms with van der Waals surface area (Å²) in [5.41, 5.74) is 5.20. The quantitative estimate of drug-likeness (QED) is 0.620. The van der Waals surface area contributed by atoms with Crippen LogP contribution in [0.25, 0.3) is 0 Å². The Bertz CT molecular complexity index is 667. The number of nitrogens with two attached hydrogens (primary N) is 2. The first-order valence-corrected chi connectivity index (χ1v) is 8.12. The van der Waals surface area contributed by atoms with E-state index in [0.29, 0.717) is 0 Å². The molecule has 0 aliphatic carbocycles. The van der Waals surface area contributed by atoms with E-state index in [0.717, 1.165) is 6.07 Å². The predicted octanol–water partition coefficient (Wildman–Crippen LogP) is -0.638. The molecule has 0 radical (unpaired) electrons. The van der Waals surface area contributed by atoms with Crippen molar-refractivity contribution in [1.82, 2.24) is 0 Å². The lowest BCUT2D eigenvalue weighted by molar-refractivity contribution is 0.597. The fraction of sp³-hybridized carbons (Fsp3) is 0.125. The maximum Gasteiger partial charge on any atom is 0.239 e. The minimum Gasteiger partial charge on any atom is -0.392 e. The number of thiocarbonyl (C=S) groups is 1. The molecule has 0 heterocycles. The van der Waals surface area contributed by atoms with Crippen molar-refractivity contribution in [2.45, 2.75) is 4.90 Å². The number of benzene rings is 1. The highest BCUT2D eigenvalue weighted by atomic mass is 32.2. The summed E-state index contributed by atoms with van der Waals surface area (Å²) in [5, 5.41) is 4.92. The average Bonchev–Trinajstić information content (AvgIpc) is 2.13. The van der Waals surface area contributed by atoms with Crippen LogP contribution >= 0.6 is 12.2 Å². The van der Waals surface area contributed by atoms with E-state index in [4.69, 9.17) is 10.9 Å². The second-order valence-electron chi connectivity index (χ2n) is 3.40. The number of rotatable bonds is 5. The molecule has 0 aliphatic heterocycles. The average molecular weight is 309 g/mol. The van der Waals surface area contributed by atoms with Crippen LogP contribution in [0.1, 0.15) is 0 Å². The Morgan fingerprint density at radius 3 is 2.39 bits per heavy atom. The molecule has 10 heteroatoms. The normalized spacial score (nSPS) is 12.1. The van der Waals surface area contributed by atoms with Crippen LogP contribution in [0.3, 0.4) is 0 Å². The minimum absolute atomic E-state index is 0.0674. The van der Waals surface area contributed by atoms with Gasteiger partial charge in [-0.3, -0.25) is 4.72 Å². The zero-order chi connectivity index (χ0) is 14.0. The van der Waals surface area contributed by atoms with Gasteiger partial charge in [0.05, 0.1) is 9.88 Å². The largest absolute Gasteiger partial charge is 0.392 e. The van der Waals surface area contributed by atoms with Gasteiger partial charge in [0.1, 0.15) is 5.75 Å². The second kappa shape index (κ2) is 5.18. The van der Waals surface area contributed by atoms with Crippen LogP contribution in [0.2, 0.25) is 0 Å². The summed E-state index contributed by atoms with van der Waals surface area (Å²) in [4.78, 5) is -0.386. The smallest absolute Gasteiger partial charge is 0.239 e. The van der Waals surface area contributed by atoms with Gasteiger partial charge >= 0.3 is 0 Å². The number of primary sulfonamides is 1. The van der Waals surface area contributed by atoms with Crippen molar-refractivity contribution in [3.63, 3.8) is 0 Å². The fourth-order valence-electron chi connectivity index (χ4n) is 1.14. The zero-order valence-electron chi connectivity index (χ0n) is 9.03. The monoisotopic (exact) mass is 309 g/mol. The van der Waals surface area contributed by atoms with Crippen LogP contribution in [-0.2, 0) is 20.0 Å². The molecule has 0 bridgehead atoms. The summed E-state index contributed by atoms with van der Waals surface area (Å²) < 4.78 is 47.3. The van der Waals surface area contributed by atoms with Crippen molar-refractivity contribution in [3.8, 4) is 0 Å². The van der Waals surface area contributed by atoms with Crippen LogP contribution in [0.4, 0.5) is 5.69 Å². The minimum atomic E-state index is -3.89. The lowest BCUT2D eigenvalue weighted by Gasteiger charge is -2.08. The standard InChI is InChI=1S/C8H11N3O4S3/c9-8(16)5-17(12,13)11-6-2-1-3-7(4-6)18(10,14)15/h1-4,11H,5H2,(H2,9,16)(H2,10,14,15). The molecule has 0 aromatic heterocycles. The molecule has 100 valence electrons. The number of sulfonamides is 2. The van der Waals surface area contributed by atoms with Gasteiger partial charge in [-0.1, -0.05) is 18.3 Å². The van der Waals surface area contributed by atoms with Gasteiger partial charge in [0.15, 0.2) is 0 Å². The Balaban J connectivity index is 3.04. The van der Waals surface area contributed by atoms with Gasteiger partial charge in [0, 0.05) is 5.69 Å². The molecule has 18 heavy (non-hydrogen) atoms. The summed E-state index contributed by atoms with van der Waals surface area (Å²) in [6.07, 6.45) is 0. The zero-order valence-corrected chi connectivity index (χ0v) is 11.5. The third-order valence-corrected chi connectivity index (χ3v) is 4.24. The highest BCUT2D eigenvalue weighted by Crippen LogP contribution is 2.15. The van der Waals surface area contributed by atoms with Crippen LogP contribution in [0, 0.1) is 0 Å². The topological polar surface area (TPSA) is 132 Å². The Kier molecular flexibility index (Phi) is 4.27. The lowest BCUT2D eigenvalue weighted by Crippen LogP contribution is -2.26. The summed E-state index contributed by atoms with van der Waals surface area (Å²) in [7, 11) is -7.64. The van der Waals surface area contributed by atoms with Gasteiger partial charge in [-0.25, -0.2) is 22.0 Å². The van der Waals surface area contributed by atoms with Crippen LogP contribution in [-0.4, -0.2) is 27.6 Å². The van der Waals surface area contributed by atoms with E-state index in [9.17, 15) is 16.8 Å². The van der Waals surface area contributed by atoms with Crippen molar-refractivity contribution in [1.29, 1.82) is 0 Å². The Morgan fingerprint density at radius 2 is 1.89 bits per heavy atom. The van der Waals surface area contributed by atoms with Crippen molar-refractivity contribution in [3.05, 3.63) is 24.3 Å². The van der Waals surface area contributed by atoms with Crippen molar-refractivity contribution < 1.29 is 16.8 Å². The Morgan fingerprint density at radius 1 is 1.28 bits per heavy atom. The molecule has 0 atom stereocenters. The highest BCUT2D eigenvalue weighted by Gasteiger charge is 2.14. The first kappa shape index (κ1) is 14.8. The number of anilines is 1. The molecule has 0 spiro atoms. The number of hydrogen-bond acceptors (Lipinski definition) is 5. The third kappa shape index (κ3) is 4.56. The maximum absolute atomic E-state index is 11.5. The number of hydrogen-bond donors (Lipinski definition) is 3. The van der Waals surface area contributed by atoms with E-state index in [1.165, 1.54) is 18.2 Å². The Hall–Kier alpha value is -1.23. The molecular formula is C8H11N3O4S3. The molecule has 0 saturated heterocycles. The molecule has 0 aliphatic rings. The molecule has 7 nitrogen and oxygen atoms in total. The van der Waals surface area contributed by atoms with Crippen molar-refractivity contribution >= 4 is 42.9 Å². The van der Waals surface area contributed by atoms with Gasteiger partial charge in [0.2, 0.25) is 20.0 Å². The van der Waals surface area contributed by atoms with E-state index in [1.54, 1.807) is 0 Å².